The van der Waals surface area contributed by atoms with Crippen molar-refractivity contribution in [3.63, 3.8) is 0 Å². The van der Waals surface area contributed by atoms with E-state index in [2.05, 4.69) is 40.6 Å². The Morgan fingerprint density at radius 2 is 1.85 bits per heavy atom. The lowest BCUT2D eigenvalue weighted by Crippen LogP contribution is -2.49. The van der Waals surface area contributed by atoms with Gasteiger partial charge in [0.05, 0.1) is 11.6 Å². The Morgan fingerprint density at radius 3 is 2.55 bits per heavy atom. The number of fused-ring (bicyclic) bond motifs is 2. The molecule has 0 spiro atoms. The van der Waals surface area contributed by atoms with Crippen LogP contribution < -0.4 is 4.74 Å². The molecule has 3 atom stereocenters. The van der Waals surface area contributed by atoms with E-state index in [4.69, 9.17) is 10.00 Å². The van der Waals surface area contributed by atoms with Gasteiger partial charge in [-0.3, -0.25) is 4.79 Å². The van der Waals surface area contributed by atoms with E-state index in [0.717, 1.165) is 48.5 Å². The van der Waals surface area contributed by atoms with E-state index in [1.807, 2.05) is 36.0 Å². The second-order valence-corrected chi connectivity index (χ2v) is 10.7. The van der Waals surface area contributed by atoms with Crippen LogP contribution in [0.1, 0.15) is 52.0 Å². The van der Waals surface area contributed by atoms with E-state index in [1.54, 1.807) is 23.5 Å². The van der Waals surface area contributed by atoms with Gasteiger partial charge in [-0.2, -0.15) is 17.0 Å². The van der Waals surface area contributed by atoms with Gasteiger partial charge in [-0.15, -0.1) is 11.3 Å². The van der Waals surface area contributed by atoms with Gasteiger partial charge in [0.15, 0.2) is 0 Å². The third kappa shape index (κ3) is 5.10. The summed E-state index contributed by atoms with van der Waals surface area (Å²) in [5.41, 5.74) is 2.64. The van der Waals surface area contributed by atoms with Crippen LogP contribution in [-0.4, -0.2) is 29.0 Å². The summed E-state index contributed by atoms with van der Waals surface area (Å²) in [6.07, 6.45) is 3.84. The van der Waals surface area contributed by atoms with Gasteiger partial charge < -0.3 is 9.64 Å². The van der Waals surface area contributed by atoms with E-state index in [-0.39, 0.29) is 24.1 Å². The molecule has 0 N–H and O–H groups in total. The third-order valence-electron chi connectivity index (χ3n) is 6.48. The lowest BCUT2D eigenvalue weighted by molar-refractivity contribution is 0.0359. The molecule has 2 aromatic carbocycles. The topological polar surface area (TPSA) is 53.3 Å². The summed E-state index contributed by atoms with van der Waals surface area (Å²) in [5, 5.41) is 11.2. The molecule has 1 aromatic heterocycles. The van der Waals surface area contributed by atoms with Crippen LogP contribution >= 0.6 is 23.1 Å². The minimum Gasteiger partial charge on any atom is -0.490 e. The van der Waals surface area contributed by atoms with Crippen molar-refractivity contribution < 1.29 is 9.53 Å². The van der Waals surface area contributed by atoms with E-state index in [0.29, 0.717) is 5.56 Å². The second-order valence-electron chi connectivity index (χ2n) is 8.72. The summed E-state index contributed by atoms with van der Waals surface area (Å²) in [6.45, 7) is 0. The Balaban J connectivity index is 1.18. The molecule has 0 saturated carbocycles. The number of thioether (sulfide) groups is 1. The Labute approximate surface area is 203 Å². The van der Waals surface area contributed by atoms with Crippen molar-refractivity contribution >= 4 is 29.0 Å². The fraction of sp³-hybridized carbons (Fsp3) is 0.333. The Bertz CT molecular complexity index is 1120. The van der Waals surface area contributed by atoms with Crippen molar-refractivity contribution in [3.8, 4) is 11.8 Å². The summed E-state index contributed by atoms with van der Waals surface area (Å²) in [4.78, 5) is 16.8. The Morgan fingerprint density at radius 1 is 1.06 bits per heavy atom. The molecule has 2 bridgehead atoms. The first kappa shape index (κ1) is 22.1. The Kier molecular flexibility index (Phi) is 6.70. The Hall–Kier alpha value is -2.75. The molecule has 1 unspecified atom stereocenters. The zero-order valence-corrected chi connectivity index (χ0v) is 20.0. The average Bonchev–Trinajstić information content (AvgIpc) is 3.45. The van der Waals surface area contributed by atoms with Crippen molar-refractivity contribution in [2.75, 3.05) is 0 Å². The molecule has 168 valence electrons. The first-order chi connectivity index (χ1) is 16.2. The SMILES string of the molecule is N#Cc1cccc(OC2C[C@H]3CC[C@@H](C2)N3C(=O)c2ccc(CSCc3cccs3)cc2)c1. The highest BCUT2D eigenvalue weighted by Crippen LogP contribution is 2.38. The zero-order chi connectivity index (χ0) is 22.6. The number of amides is 1. The van der Waals surface area contributed by atoms with E-state index < -0.39 is 0 Å². The molecule has 0 aliphatic carbocycles. The molecule has 2 aliphatic rings. The molecule has 33 heavy (non-hydrogen) atoms. The summed E-state index contributed by atoms with van der Waals surface area (Å²) in [6, 6.07) is 22.4. The lowest BCUT2D eigenvalue weighted by atomic mass is 9.98. The lowest BCUT2D eigenvalue weighted by Gasteiger charge is -2.39. The summed E-state index contributed by atoms with van der Waals surface area (Å²) in [5.74, 6) is 2.86. The van der Waals surface area contributed by atoms with Crippen LogP contribution in [0.4, 0.5) is 0 Å². The molecule has 6 heteroatoms. The maximum absolute atomic E-state index is 13.3. The van der Waals surface area contributed by atoms with Crippen LogP contribution in [0.2, 0.25) is 0 Å². The van der Waals surface area contributed by atoms with Crippen molar-refractivity contribution in [3.05, 3.63) is 87.6 Å². The van der Waals surface area contributed by atoms with Crippen LogP contribution in [0, 0.1) is 11.3 Å². The van der Waals surface area contributed by atoms with Crippen molar-refractivity contribution in [1.29, 1.82) is 5.26 Å². The first-order valence-corrected chi connectivity index (χ1v) is 13.4. The van der Waals surface area contributed by atoms with Gasteiger partial charge in [0.1, 0.15) is 11.9 Å². The van der Waals surface area contributed by atoms with Gasteiger partial charge in [0.2, 0.25) is 0 Å². The van der Waals surface area contributed by atoms with Gasteiger partial charge in [-0.25, -0.2) is 0 Å². The van der Waals surface area contributed by atoms with Crippen molar-refractivity contribution in [2.45, 2.75) is 55.4 Å². The van der Waals surface area contributed by atoms with Crippen molar-refractivity contribution in [2.24, 2.45) is 0 Å². The van der Waals surface area contributed by atoms with Crippen LogP contribution in [0.5, 0.6) is 5.75 Å². The molecule has 4 nitrogen and oxygen atoms in total. The van der Waals surface area contributed by atoms with Gasteiger partial charge in [0.25, 0.3) is 5.91 Å². The van der Waals surface area contributed by atoms with Gasteiger partial charge in [0, 0.05) is 46.9 Å². The maximum atomic E-state index is 13.3. The van der Waals surface area contributed by atoms with Gasteiger partial charge >= 0.3 is 0 Å². The van der Waals surface area contributed by atoms with Crippen LogP contribution in [0.15, 0.2) is 66.0 Å². The normalized spacial score (nSPS) is 21.5. The maximum Gasteiger partial charge on any atom is 0.254 e. The highest BCUT2D eigenvalue weighted by atomic mass is 32.2. The third-order valence-corrected chi connectivity index (χ3v) is 8.60. The fourth-order valence-corrected chi connectivity index (χ4v) is 6.78. The molecule has 0 radical (unpaired) electrons. The molecule has 2 aliphatic heterocycles. The average molecular weight is 475 g/mol. The number of piperidine rings is 1. The largest absolute Gasteiger partial charge is 0.490 e. The zero-order valence-electron chi connectivity index (χ0n) is 18.4. The van der Waals surface area contributed by atoms with E-state index in [1.165, 1.54) is 10.4 Å². The minimum absolute atomic E-state index is 0.0863. The quantitative estimate of drug-likeness (QED) is 0.405. The molecule has 2 fully saturated rings. The molecule has 1 amide bonds. The predicted molar refractivity (Wildman–Crippen MR) is 134 cm³/mol. The van der Waals surface area contributed by atoms with Gasteiger partial charge in [-0.05, 0) is 60.2 Å². The van der Waals surface area contributed by atoms with Gasteiger partial charge in [-0.1, -0.05) is 24.3 Å². The van der Waals surface area contributed by atoms with Crippen LogP contribution in [0.3, 0.4) is 0 Å². The number of hydrogen-bond donors (Lipinski definition) is 0. The predicted octanol–water partition coefficient (Wildman–Crippen LogP) is 6.27. The molecule has 2 saturated heterocycles. The molecular formula is C27H26N2O2S2. The van der Waals surface area contributed by atoms with E-state index >= 15 is 0 Å². The highest BCUT2D eigenvalue weighted by molar-refractivity contribution is 7.97. The summed E-state index contributed by atoms with van der Waals surface area (Å²) in [7, 11) is 0. The van der Waals surface area contributed by atoms with Crippen molar-refractivity contribution in [1.82, 2.24) is 4.90 Å². The smallest absolute Gasteiger partial charge is 0.254 e. The number of rotatable bonds is 7. The van der Waals surface area contributed by atoms with E-state index in [9.17, 15) is 4.79 Å². The number of nitriles is 1. The number of ether oxygens (including phenoxy) is 1. The molecule has 3 heterocycles. The summed E-state index contributed by atoms with van der Waals surface area (Å²) >= 11 is 3.70. The molecule has 5 rings (SSSR count). The van der Waals surface area contributed by atoms with Crippen LogP contribution in [-0.2, 0) is 11.5 Å². The standard InChI is InChI=1S/C27H26N2O2S2/c28-16-20-3-1-4-24(13-20)31-25-14-22-10-11-23(15-25)29(22)27(30)21-8-6-19(7-9-21)17-32-18-26-5-2-12-33-26/h1-9,12-13,22-23,25H,10-11,14-15,17-18H2/t22-,23+,25?. The minimum atomic E-state index is 0.0863. The fourth-order valence-electron chi connectivity index (χ4n) is 4.94. The number of carbonyl (C=O) groups is 1. The number of benzene rings is 2. The number of nitrogens with zero attached hydrogens (tertiary/aromatic N) is 2. The molecule has 3 aromatic rings. The first-order valence-electron chi connectivity index (χ1n) is 11.4. The molecular weight excluding hydrogens is 448 g/mol. The number of thiophene rings is 1. The highest BCUT2D eigenvalue weighted by Gasteiger charge is 2.44. The van der Waals surface area contributed by atoms with Crippen LogP contribution in [0.25, 0.3) is 0 Å². The monoisotopic (exact) mass is 474 g/mol. The number of carbonyl (C=O) groups excluding carboxylic acids is 1. The second kappa shape index (κ2) is 10.0. The number of hydrogen-bond acceptors (Lipinski definition) is 5. The summed E-state index contributed by atoms with van der Waals surface area (Å²) < 4.78 is 6.20.